The molecule has 1 aliphatic heterocycles. The predicted octanol–water partition coefficient (Wildman–Crippen LogP) is 3.79. The Kier molecular flexibility index (Phi) is 7.42. The average molecular weight is 445 g/mol. The van der Waals surface area contributed by atoms with Crippen molar-refractivity contribution in [1.82, 2.24) is 4.90 Å². The number of rotatable bonds is 7. The van der Waals surface area contributed by atoms with Gasteiger partial charge in [0.05, 0.1) is 29.9 Å². The highest BCUT2D eigenvalue weighted by Gasteiger charge is 2.34. The molecule has 0 unspecified atom stereocenters. The summed E-state index contributed by atoms with van der Waals surface area (Å²) in [4.78, 5) is 43.8. The smallest absolute Gasteiger partial charge is 0.338 e. The largest absolute Gasteiger partial charge is 0.466 e. The first-order chi connectivity index (χ1) is 14.5. The summed E-state index contributed by atoms with van der Waals surface area (Å²) >= 11 is 2.74. The van der Waals surface area contributed by atoms with Crippen LogP contribution in [0.2, 0.25) is 0 Å². The van der Waals surface area contributed by atoms with Gasteiger partial charge in [-0.05, 0) is 60.8 Å². The van der Waals surface area contributed by atoms with Crippen LogP contribution in [0.5, 0.6) is 0 Å². The molecule has 156 valence electrons. The predicted molar refractivity (Wildman–Crippen MR) is 117 cm³/mol. The van der Waals surface area contributed by atoms with E-state index in [9.17, 15) is 14.4 Å². The molecule has 1 aromatic heterocycles. The van der Waals surface area contributed by atoms with E-state index in [1.807, 2.05) is 17.5 Å². The molecule has 1 saturated heterocycles. The minimum atomic E-state index is -0.593. The van der Waals surface area contributed by atoms with Gasteiger partial charge in [-0.15, -0.1) is 11.3 Å². The fourth-order valence-electron chi connectivity index (χ4n) is 2.63. The number of thioether (sulfide) groups is 1. The van der Waals surface area contributed by atoms with Gasteiger partial charge in [0.25, 0.3) is 5.91 Å². The van der Waals surface area contributed by atoms with Crippen molar-refractivity contribution in [2.45, 2.75) is 13.3 Å². The maximum Gasteiger partial charge on any atom is 0.338 e. The second kappa shape index (κ2) is 10.2. The highest BCUT2D eigenvalue weighted by Crippen LogP contribution is 2.33. The lowest BCUT2D eigenvalue weighted by Crippen LogP contribution is -2.31. The molecule has 1 aromatic carbocycles. The molecule has 9 heteroatoms. The lowest BCUT2D eigenvalue weighted by molar-refractivity contribution is -0.135. The average Bonchev–Trinajstić information content (AvgIpc) is 3.36. The molecule has 2 heterocycles. The van der Waals surface area contributed by atoms with Crippen molar-refractivity contribution in [3.63, 3.8) is 0 Å². The Morgan fingerprint density at radius 3 is 2.60 bits per heavy atom. The molecule has 0 spiro atoms. The van der Waals surface area contributed by atoms with Crippen LogP contribution in [-0.2, 0) is 25.5 Å². The van der Waals surface area contributed by atoms with Gasteiger partial charge in [0.1, 0.15) is 0 Å². The van der Waals surface area contributed by atoms with Crippen LogP contribution in [0.3, 0.4) is 0 Å². The Morgan fingerprint density at radius 2 is 1.97 bits per heavy atom. The van der Waals surface area contributed by atoms with Crippen molar-refractivity contribution in [3.05, 3.63) is 63.2 Å². The van der Waals surface area contributed by atoms with Gasteiger partial charge >= 0.3 is 11.9 Å². The van der Waals surface area contributed by atoms with Crippen molar-refractivity contribution >= 4 is 51.8 Å². The quantitative estimate of drug-likeness (QED) is 0.477. The molecule has 3 rings (SSSR count). The highest BCUT2D eigenvalue weighted by atomic mass is 32.2. The number of amidine groups is 1. The molecule has 0 aliphatic carbocycles. The van der Waals surface area contributed by atoms with E-state index in [2.05, 4.69) is 9.73 Å². The number of amides is 1. The number of aliphatic imine (C=N–C) groups is 1. The number of ether oxygens (including phenoxy) is 2. The number of hydrogen-bond acceptors (Lipinski definition) is 8. The van der Waals surface area contributed by atoms with Crippen LogP contribution in [0.1, 0.15) is 22.2 Å². The number of esters is 2. The Bertz CT molecular complexity index is 981. The van der Waals surface area contributed by atoms with E-state index in [-0.39, 0.29) is 10.8 Å². The number of hydrogen-bond donors (Lipinski definition) is 0. The molecule has 30 heavy (non-hydrogen) atoms. The van der Waals surface area contributed by atoms with Crippen molar-refractivity contribution in [3.8, 4) is 0 Å². The third kappa shape index (κ3) is 5.37. The van der Waals surface area contributed by atoms with Crippen LogP contribution in [-0.4, -0.2) is 48.2 Å². The number of methoxy groups -OCH3 is 1. The molecular weight excluding hydrogens is 424 g/mol. The molecule has 0 N–H and O–H groups in total. The van der Waals surface area contributed by atoms with Gasteiger partial charge in [0.2, 0.25) is 0 Å². The summed E-state index contributed by atoms with van der Waals surface area (Å²) in [5, 5.41) is 2.45. The molecule has 1 fully saturated rings. The zero-order valence-corrected chi connectivity index (χ0v) is 18.1. The normalized spacial score (nSPS) is 16.3. The standard InChI is InChI=1S/C21H20N2O5S2/c1-3-28-20(26)14-6-8-15(9-7-14)22-21-23(11-10-16-5-4-12-29-16)19(25)17(30-21)13-18(24)27-2/h4-9,12-13H,3,10-11H2,1-2H3. The lowest BCUT2D eigenvalue weighted by Gasteiger charge is -2.15. The van der Waals surface area contributed by atoms with E-state index < -0.39 is 11.9 Å². The Labute approximate surface area is 182 Å². The summed E-state index contributed by atoms with van der Waals surface area (Å²) in [5.41, 5.74) is 1.01. The Morgan fingerprint density at radius 1 is 1.20 bits per heavy atom. The monoisotopic (exact) mass is 444 g/mol. The maximum atomic E-state index is 12.8. The van der Waals surface area contributed by atoms with Gasteiger partial charge < -0.3 is 9.47 Å². The van der Waals surface area contributed by atoms with E-state index in [1.54, 1.807) is 47.4 Å². The zero-order valence-electron chi connectivity index (χ0n) is 16.5. The first kappa shape index (κ1) is 21.8. The molecule has 7 nitrogen and oxygen atoms in total. The number of nitrogens with zero attached hydrogens (tertiary/aromatic N) is 2. The van der Waals surface area contributed by atoms with Crippen LogP contribution >= 0.6 is 23.1 Å². The number of carbonyl (C=O) groups is 3. The Hall–Kier alpha value is -2.91. The summed E-state index contributed by atoms with van der Waals surface area (Å²) in [5.74, 6) is -1.28. The van der Waals surface area contributed by atoms with Gasteiger partial charge in [0, 0.05) is 17.5 Å². The number of thiophene rings is 1. The fraction of sp³-hybridized carbons (Fsp3) is 0.238. The van der Waals surface area contributed by atoms with E-state index in [1.165, 1.54) is 13.2 Å². The maximum absolute atomic E-state index is 12.8. The molecule has 2 aromatic rings. The first-order valence-corrected chi connectivity index (χ1v) is 10.9. The molecule has 1 amide bonds. The second-order valence-corrected chi connectivity index (χ2v) is 8.12. The van der Waals surface area contributed by atoms with Gasteiger partial charge in [-0.25, -0.2) is 14.6 Å². The molecule has 0 atom stereocenters. The van der Waals surface area contributed by atoms with E-state index in [0.29, 0.717) is 36.0 Å². The van der Waals surface area contributed by atoms with Crippen molar-refractivity contribution < 1.29 is 23.9 Å². The third-order valence-corrected chi connectivity index (χ3v) is 6.05. The summed E-state index contributed by atoms with van der Waals surface area (Å²) in [6.45, 7) is 2.48. The van der Waals surface area contributed by atoms with Crippen molar-refractivity contribution in [1.29, 1.82) is 0 Å². The molecule has 0 bridgehead atoms. The topological polar surface area (TPSA) is 85.3 Å². The summed E-state index contributed by atoms with van der Waals surface area (Å²) < 4.78 is 9.62. The number of carbonyl (C=O) groups excluding carboxylic acids is 3. The fourth-order valence-corrected chi connectivity index (χ4v) is 4.31. The Balaban J connectivity index is 1.84. The summed E-state index contributed by atoms with van der Waals surface area (Å²) in [6.07, 6.45) is 1.85. The summed E-state index contributed by atoms with van der Waals surface area (Å²) in [7, 11) is 1.26. The first-order valence-electron chi connectivity index (χ1n) is 9.19. The highest BCUT2D eigenvalue weighted by molar-refractivity contribution is 8.18. The zero-order chi connectivity index (χ0) is 21.5. The van der Waals surface area contributed by atoms with Crippen LogP contribution in [0, 0.1) is 0 Å². The van der Waals surface area contributed by atoms with Crippen LogP contribution in [0.25, 0.3) is 0 Å². The second-order valence-electron chi connectivity index (χ2n) is 6.08. The molecule has 0 radical (unpaired) electrons. The van der Waals surface area contributed by atoms with Gasteiger partial charge in [0.15, 0.2) is 5.17 Å². The molecular formula is C21H20N2O5S2. The van der Waals surface area contributed by atoms with Crippen molar-refractivity contribution in [2.24, 2.45) is 4.99 Å². The minimum absolute atomic E-state index is 0.259. The van der Waals surface area contributed by atoms with Gasteiger partial charge in [-0.2, -0.15) is 0 Å². The van der Waals surface area contributed by atoms with Gasteiger partial charge in [-0.3, -0.25) is 9.69 Å². The van der Waals surface area contributed by atoms with Crippen LogP contribution < -0.4 is 0 Å². The van der Waals surface area contributed by atoms with E-state index in [0.717, 1.165) is 16.6 Å². The minimum Gasteiger partial charge on any atom is -0.466 e. The number of benzene rings is 1. The van der Waals surface area contributed by atoms with Gasteiger partial charge in [-0.1, -0.05) is 6.07 Å². The van der Waals surface area contributed by atoms with Crippen LogP contribution in [0.4, 0.5) is 5.69 Å². The van der Waals surface area contributed by atoms with E-state index in [4.69, 9.17) is 4.74 Å². The SMILES string of the molecule is CCOC(=O)c1ccc(N=C2SC(=CC(=O)OC)C(=O)N2CCc2cccs2)cc1. The third-order valence-electron chi connectivity index (χ3n) is 4.10. The van der Waals surface area contributed by atoms with Crippen LogP contribution in [0.15, 0.2) is 57.8 Å². The lowest BCUT2D eigenvalue weighted by atomic mass is 10.2. The molecule has 1 aliphatic rings. The molecule has 0 saturated carbocycles. The summed E-state index contributed by atoms with van der Waals surface area (Å²) in [6, 6.07) is 10.6. The van der Waals surface area contributed by atoms with E-state index >= 15 is 0 Å². The van der Waals surface area contributed by atoms with Crippen molar-refractivity contribution in [2.75, 3.05) is 20.3 Å².